The zero-order chi connectivity index (χ0) is 14.0. The monoisotopic (exact) mass is 263 g/mol. The molecule has 0 saturated carbocycles. The molecule has 1 aromatic rings. The van der Waals surface area contributed by atoms with Gasteiger partial charge in [-0.1, -0.05) is 26.0 Å². The average molecular weight is 263 g/mol. The highest BCUT2D eigenvalue weighted by molar-refractivity contribution is 5.95. The maximum absolute atomic E-state index is 14.2. The second-order valence-corrected chi connectivity index (χ2v) is 5.83. The van der Waals surface area contributed by atoms with E-state index in [-0.39, 0.29) is 17.2 Å². The average Bonchev–Trinajstić information content (AvgIpc) is 2.30. The van der Waals surface area contributed by atoms with Crippen molar-refractivity contribution < 1.29 is 4.39 Å². The van der Waals surface area contributed by atoms with E-state index >= 15 is 0 Å². The molecule has 1 fully saturated rings. The lowest BCUT2D eigenvalue weighted by Gasteiger charge is -2.35. The number of hydrogen-bond donors (Lipinski definition) is 2. The number of rotatable bonds is 3. The molecule has 3 nitrogen and oxygen atoms in total. The molecule has 0 radical (unpaired) electrons. The lowest BCUT2D eigenvalue weighted by atomic mass is 9.91. The molecule has 0 spiro atoms. The zero-order valence-corrected chi connectivity index (χ0v) is 11.6. The fraction of sp³-hybridized carbons (Fsp3) is 0.533. The molecule has 1 aromatic carbocycles. The van der Waals surface area contributed by atoms with Gasteiger partial charge in [-0.25, -0.2) is 4.39 Å². The van der Waals surface area contributed by atoms with Crippen LogP contribution in [-0.2, 0) is 6.54 Å². The summed E-state index contributed by atoms with van der Waals surface area (Å²) in [6.07, 6.45) is 1.24. The van der Waals surface area contributed by atoms with Gasteiger partial charge in [0.25, 0.3) is 0 Å². The van der Waals surface area contributed by atoms with Gasteiger partial charge in [-0.2, -0.15) is 0 Å². The Morgan fingerprint density at radius 2 is 2.00 bits per heavy atom. The van der Waals surface area contributed by atoms with Crippen LogP contribution in [0, 0.1) is 23.1 Å². The van der Waals surface area contributed by atoms with Crippen LogP contribution in [0.4, 0.5) is 4.39 Å². The molecule has 1 heterocycles. The van der Waals surface area contributed by atoms with Crippen molar-refractivity contribution in [3.8, 4) is 0 Å². The Balaban J connectivity index is 2.15. The number of piperidine rings is 1. The summed E-state index contributed by atoms with van der Waals surface area (Å²) in [5, 5.41) is 7.38. The van der Waals surface area contributed by atoms with Crippen LogP contribution in [0.5, 0.6) is 0 Å². The number of nitrogens with one attached hydrogen (secondary N) is 1. The Morgan fingerprint density at radius 3 is 2.58 bits per heavy atom. The SMILES string of the molecule is CC1CC(C)CN(Cc2cccc(C(=N)N)c2F)C1. The first-order valence-electron chi connectivity index (χ1n) is 6.81. The van der Waals surface area contributed by atoms with E-state index in [1.807, 2.05) is 0 Å². The number of nitrogens with zero attached hydrogens (tertiary/aromatic N) is 1. The third-order valence-electron chi connectivity index (χ3n) is 3.71. The number of likely N-dealkylation sites (tertiary alicyclic amines) is 1. The van der Waals surface area contributed by atoms with Crippen LogP contribution in [0.2, 0.25) is 0 Å². The molecule has 1 aliphatic heterocycles. The summed E-state index contributed by atoms with van der Waals surface area (Å²) in [4.78, 5) is 2.29. The summed E-state index contributed by atoms with van der Waals surface area (Å²) in [6, 6.07) is 5.11. The largest absolute Gasteiger partial charge is 0.384 e. The van der Waals surface area contributed by atoms with E-state index in [2.05, 4.69) is 18.7 Å². The molecule has 0 aliphatic carbocycles. The summed E-state index contributed by atoms with van der Waals surface area (Å²) < 4.78 is 14.2. The fourth-order valence-electron chi connectivity index (χ4n) is 3.07. The molecular weight excluding hydrogens is 241 g/mol. The normalized spacial score (nSPS) is 24.4. The second kappa shape index (κ2) is 5.70. The highest BCUT2D eigenvalue weighted by Gasteiger charge is 2.23. The molecular formula is C15H22FN3. The van der Waals surface area contributed by atoms with Gasteiger partial charge in [0.05, 0.1) is 5.56 Å². The lowest BCUT2D eigenvalue weighted by Crippen LogP contribution is -2.38. The summed E-state index contributed by atoms with van der Waals surface area (Å²) in [7, 11) is 0. The minimum Gasteiger partial charge on any atom is -0.384 e. The van der Waals surface area contributed by atoms with E-state index in [1.165, 1.54) is 6.42 Å². The van der Waals surface area contributed by atoms with Gasteiger partial charge in [0.2, 0.25) is 0 Å². The van der Waals surface area contributed by atoms with E-state index in [1.54, 1.807) is 18.2 Å². The molecule has 19 heavy (non-hydrogen) atoms. The van der Waals surface area contributed by atoms with Gasteiger partial charge in [0.1, 0.15) is 11.7 Å². The molecule has 0 bridgehead atoms. The number of halogens is 1. The van der Waals surface area contributed by atoms with Crippen LogP contribution in [-0.4, -0.2) is 23.8 Å². The van der Waals surface area contributed by atoms with Gasteiger partial charge in [-0.15, -0.1) is 0 Å². The van der Waals surface area contributed by atoms with Crippen LogP contribution in [0.3, 0.4) is 0 Å². The molecule has 0 amide bonds. The quantitative estimate of drug-likeness (QED) is 0.650. The molecule has 1 aliphatic rings. The summed E-state index contributed by atoms with van der Waals surface area (Å²) in [5.41, 5.74) is 6.23. The van der Waals surface area contributed by atoms with E-state index in [0.29, 0.717) is 23.9 Å². The maximum Gasteiger partial charge on any atom is 0.138 e. The molecule has 2 atom stereocenters. The topological polar surface area (TPSA) is 53.1 Å². The first-order valence-corrected chi connectivity index (χ1v) is 6.81. The number of amidine groups is 1. The van der Waals surface area contributed by atoms with Gasteiger partial charge in [-0.3, -0.25) is 10.3 Å². The van der Waals surface area contributed by atoms with E-state index in [9.17, 15) is 4.39 Å². The van der Waals surface area contributed by atoms with Gasteiger partial charge in [-0.05, 0) is 24.3 Å². The van der Waals surface area contributed by atoms with Crippen molar-refractivity contribution in [2.45, 2.75) is 26.8 Å². The highest BCUT2D eigenvalue weighted by Crippen LogP contribution is 2.23. The van der Waals surface area contributed by atoms with Crippen LogP contribution < -0.4 is 5.73 Å². The highest BCUT2D eigenvalue weighted by atomic mass is 19.1. The van der Waals surface area contributed by atoms with Crippen LogP contribution in [0.15, 0.2) is 18.2 Å². The molecule has 4 heteroatoms. The molecule has 2 unspecified atom stereocenters. The van der Waals surface area contributed by atoms with E-state index < -0.39 is 0 Å². The maximum atomic E-state index is 14.2. The number of nitrogen functional groups attached to an aromatic ring is 1. The standard InChI is InChI=1S/C15H22FN3/c1-10-6-11(2)8-19(7-10)9-12-4-3-5-13(14(12)16)15(17)18/h3-5,10-11H,6-9H2,1-2H3,(H3,17,18). The molecule has 104 valence electrons. The van der Waals surface area contributed by atoms with Crippen molar-refractivity contribution in [2.24, 2.45) is 17.6 Å². The van der Waals surface area contributed by atoms with E-state index in [0.717, 1.165) is 13.1 Å². The number of nitrogens with two attached hydrogens (primary N) is 1. The first-order chi connectivity index (χ1) is 8.97. The Bertz CT molecular complexity index is 462. The van der Waals surface area contributed by atoms with Crippen molar-refractivity contribution in [1.82, 2.24) is 4.90 Å². The van der Waals surface area contributed by atoms with Gasteiger partial charge in [0.15, 0.2) is 0 Å². The molecule has 0 aromatic heterocycles. The Labute approximate surface area is 114 Å². The van der Waals surface area contributed by atoms with Crippen molar-refractivity contribution in [2.75, 3.05) is 13.1 Å². The smallest absolute Gasteiger partial charge is 0.138 e. The summed E-state index contributed by atoms with van der Waals surface area (Å²) in [5.74, 6) is 0.756. The van der Waals surface area contributed by atoms with Crippen LogP contribution in [0.1, 0.15) is 31.4 Å². The van der Waals surface area contributed by atoms with Gasteiger partial charge in [0, 0.05) is 25.2 Å². The molecule has 1 saturated heterocycles. The fourth-order valence-corrected chi connectivity index (χ4v) is 3.07. The third kappa shape index (κ3) is 3.32. The van der Waals surface area contributed by atoms with E-state index in [4.69, 9.17) is 11.1 Å². The summed E-state index contributed by atoms with van der Waals surface area (Å²) >= 11 is 0. The predicted molar refractivity (Wildman–Crippen MR) is 75.6 cm³/mol. The second-order valence-electron chi connectivity index (χ2n) is 5.83. The van der Waals surface area contributed by atoms with Gasteiger partial charge < -0.3 is 5.73 Å². The minimum absolute atomic E-state index is 0.204. The Hall–Kier alpha value is -1.42. The van der Waals surface area contributed by atoms with Crippen LogP contribution >= 0.6 is 0 Å². The molecule has 2 rings (SSSR count). The Morgan fingerprint density at radius 1 is 1.37 bits per heavy atom. The molecule has 3 N–H and O–H groups in total. The number of hydrogen-bond acceptors (Lipinski definition) is 2. The Kier molecular flexibility index (Phi) is 4.20. The third-order valence-corrected chi connectivity index (χ3v) is 3.71. The zero-order valence-electron chi connectivity index (χ0n) is 11.6. The van der Waals surface area contributed by atoms with Crippen molar-refractivity contribution in [3.05, 3.63) is 35.1 Å². The van der Waals surface area contributed by atoms with Crippen molar-refractivity contribution in [3.63, 3.8) is 0 Å². The van der Waals surface area contributed by atoms with Crippen LogP contribution in [0.25, 0.3) is 0 Å². The first kappa shape index (κ1) is 14.0. The summed E-state index contributed by atoms with van der Waals surface area (Å²) in [6.45, 7) is 7.10. The lowest BCUT2D eigenvalue weighted by molar-refractivity contribution is 0.133. The predicted octanol–water partition coefficient (Wildman–Crippen LogP) is 2.59. The minimum atomic E-state index is -0.346. The van der Waals surface area contributed by atoms with Gasteiger partial charge >= 0.3 is 0 Å². The van der Waals surface area contributed by atoms with Crippen molar-refractivity contribution in [1.29, 1.82) is 5.41 Å². The van der Waals surface area contributed by atoms with Crippen molar-refractivity contribution >= 4 is 5.84 Å². The number of benzene rings is 1.